The van der Waals surface area contributed by atoms with Gasteiger partial charge in [0.25, 0.3) is 0 Å². The summed E-state index contributed by atoms with van der Waals surface area (Å²) in [4.78, 5) is 27.7. The number of hydrogen-bond donors (Lipinski definition) is 2. The maximum atomic E-state index is 11.9. The van der Waals surface area contributed by atoms with E-state index in [9.17, 15) is 9.59 Å². The Morgan fingerprint density at radius 3 is 2.71 bits per heavy atom. The van der Waals surface area contributed by atoms with Gasteiger partial charge >= 0.3 is 0 Å². The molecule has 0 bridgehead atoms. The average molecular weight is 288 g/mol. The predicted octanol–water partition coefficient (Wildman–Crippen LogP) is 1.37. The Morgan fingerprint density at radius 1 is 1.33 bits per heavy atom. The quantitative estimate of drug-likeness (QED) is 0.872. The predicted molar refractivity (Wildman–Crippen MR) is 80.6 cm³/mol. The van der Waals surface area contributed by atoms with Crippen molar-refractivity contribution in [3.63, 3.8) is 0 Å². The number of amides is 2. The van der Waals surface area contributed by atoms with Crippen molar-refractivity contribution in [1.29, 1.82) is 0 Å². The lowest BCUT2D eigenvalue weighted by atomic mass is 10.3. The van der Waals surface area contributed by atoms with Crippen molar-refractivity contribution in [2.75, 3.05) is 6.54 Å². The zero-order chi connectivity index (χ0) is 15.4. The molecular formula is C15H20N4O2. The molecule has 0 fully saturated rings. The van der Waals surface area contributed by atoms with E-state index < -0.39 is 0 Å². The van der Waals surface area contributed by atoms with Crippen molar-refractivity contribution in [3.8, 4) is 0 Å². The normalized spacial score (nSPS) is 12.1. The number of nitrogens with one attached hydrogen (secondary N) is 2. The lowest BCUT2D eigenvalue weighted by Crippen LogP contribution is -2.30. The molecule has 0 aliphatic heterocycles. The van der Waals surface area contributed by atoms with E-state index in [0.29, 0.717) is 12.4 Å². The van der Waals surface area contributed by atoms with Crippen molar-refractivity contribution in [1.82, 2.24) is 20.2 Å². The number of hydrogen-bond acceptors (Lipinski definition) is 3. The van der Waals surface area contributed by atoms with Gasteiger partial charge < -0.3 is 15.2 Å². The van der Waals surface area contributed by atoms with Gasteiger partial charge in [0.15, 0.2) is 0 Å². The molecule has 0 saturated carbocycles. The van der Waals surface area contributed by atoms with Crippen LogP contribution >= 0.6 is 0 Å². The molecule has 2 rings (SSSR count). The molecule has 0 radical (unpaired) electrons. The molecule has 1 aromatic carbocycles. The van der Waals surface area contributed by atoms with Crippen molar-refractivity contribution in [2.45, 2.75) is 33.4 Å². The van der Waals surface area contributed by atoms with Gasteiger partial charge in [-0.3, -0.25) is 9.59 Å². The van der Waals surface area contributed by atoms with E-state index in [1.165, 1.54) is 6.92 Å². The lowest BCUT2D eigenvalue weighted by Gasteiger charge is -2.15. The van der Waals surface area contributed by atoms with Gasteiger partial charge in [-0.05, 0) is 26.0 Å². The van der Waals surface area contributed by atoms with E-state index in [2.05, 4.69) is 15.6 Å². The summed E-state index contributed by atoms with van der Waals surface area (Å²) in [7, 11) is 0. The molecule has 6 nitrogen and oxygen atoms in total. The molecule has 21 heavy (non-hydrogen) atoms. The first kappa shape index (κ1) is 15.0. The number of aromatic nitrogens is 2. The fourth-order valence-electron chi connectivity index (χ4n) is 2.36. The molecule has 1 aromatic heterocycles. The van der Waals surface area contributed by atoms with E-state index in [1.807, 2.05) is 42.7 Å². The monoisotopic (exact) mass is 288 g/mol. The summed E-state index contributed by atoms with van der Waals surface area (Å²) in [5.41, 5.74) is 1.70. The summed E-state index contributed by atoms with van der Waals surface area (Å²) in [5, 5.41) is 5.59. The van der Waals surface area contributed by atoms with E-state index in [4.69, 9.17) is 0 Å². The number of carbonyl (C=O) groups is 2. The molecule has 2 amide bonds. The second-order valence-corrected chi connectivity index (χ2v) is 4.92. The molecule has 2 N–H and O–H groups in total. The van der Waals surface area contributed by atoms with Gasteiger partial charge in [-0.15, -0.1) is 0 Å². The maximum absolute atomic E-state index is 11.9. The lowest BCUT2D eigenvalue weighted by molar-refractivity contribution is -0.121. The third kappa shape index (κ3) is 3.39. The fraction of sp³-hybridized carbons (Fsp3) is 0.400. The zero-order valence-corrected chi connectivity index (χ0v) is 12.5. The minimum atomic E-state index is -0.260. The minimum absolute atomic E-state index is 0.0723. The SMILES string of the molecule is CCNC(=O)Cn1c(C(C)NC(C)=O)nc2ccccc21. The van der Waals surface area contributed by atoms with Crippen LogP contribution in [0.1, 0.15) is 32.6 Å². The van der Waals surface area contributed by atoms with Crippen LogP contribution in [0.2, 0.25) is 0 Å². The fourth-order valence-corrected chi connectivity index (χ4v) is 2.36. The molecule has 112 valence electrons. The Morgan fingerprint density at radius 2 is 2.05 bits per heavy atom. The largest absolute Gasteiger partial charge is 0.355 e. The smallest absolute Gasteiger partial charge is 0.239 e. The Bertz CT molecular complexity index is 663. The summed E-state index contributed by atoms with van der Waals surface area (Å²) < 4.78 is 1.85. The maximum Gasteiger partial charge on any atom is 0.239 e. The zero-order valence-electron chi connectivity index (χ0n) is 12.5. The summed E-state index contributed by atoms with van der Waals surface area (Å²) in [5.74, 6) is 0.480. The number of nitrogens with zero attached hydrogens (tertiary/aromatic N) is 2. The number of para-hydroxylation sites is 2. The first-order valence-corrected chi connectivity index (χ1v) is 7.02. The summed E-state index contributed by atoms with van der Waals surface area (Å²) in [6.45, 7) is 5.98. The number of rotatable bonds is 5. The van der Waals surface area contributed by atoms with Gasteiger partial charge in [0.05, 0.1) is 17.1 Å². The highest BCUT2D eigenvalue weighted by molar-refractivity contribution is 5.81. The van der Waals surface area contributed by atoms with Crippen LogP contribution in [-0.4, -0.2) is 27.9 Å². The van der Waals surface area contributed by atoms with Crippen molar-refractivity contribution < 1.29 is 9.59 Å². The van der Waals surface area contributed by atoms with Crippen molar-refractivity contribution in [3.05, 3.63) is 30.1 Å². The van der Waals surface area contributed by atoms with Crippen LogP contribution in [0, 0.1) is 0 Å². The highest BCUT2D eigenvalue weighted by atomic mass is 16.2. The summed E-state index contributed by atoms with van der Waals surface area (Å²) in [6.07, 6.45) is 0. The Hall–Kier alpha value is -2.37. The topological polar surface area (TPSA) is 76.0 Å². The highest BCUT2D eigenvalue weighted by Crippen LogP contribution is 2.20. The highest BCUT2D eigenvalue weighted by Gasteiger charge is 2.18. The van der Waals surface area contributed by atoms with Crippen LogP contribution in [-0.2, 0) is 16.1 Å². The first-order valence-electron chi connectivity index (χ1n) is 7.02. The molecule has 2 aromatic rings. The molecule has 0 saturated heterocycles. The second-order valence-electron chi connectivity index (χ2n) is 4.92. The van der Waals surface area contributed by atoms with Crippen LogP contribution < -0.4 is 10.6 Å². The van der Waals surface area contributed by atoms with Crippen molar-refractivity contribution >= 4 is 22.8 Å². The van der Waals surface area contributed by atoms with E-state index >= 15 is 0 Å². The van der Waals surface area contributed by atoms with Gasteiger partial charge in [-0.25, -0.2) is 4.98 Å². The van der Waals surface area contributed by atoms with Gasteiger partial charge in [-0.2, -0.15) is 0 Å². The summed E-state index contributed by atoms with van der Waals surface area (Å²) >= 11 is 0. The van der Waals surface area contributed by atoms with Crippen LogP contribution in [0.3, 0.4) is 0 Å². The number of imidazole rings is 1. The third-order valence-corrected chi connectivity index (χ3v) is 3.17. The number of fused-ring (bicyclic) bond motifs is 1. The number of carbonyl (C=O) groups excluding carboxylic acids is 2. The first-order chi connectivity index (χ1) is 10.0. The van der Waals surface area contributed by atoms with Gasteiger partial charge in [0.2, 0.25) is 11.8 Å². The summed E-state index contributed by atoms with van der Waals surface area (Å²) in [6, 6.07) is 7.37. The minimum Gasteiger partial charge on any atom is -0.355 e. The van der Waals surface area contributed by atoms with E-state index in [1.54, 1.807) is 0 Å². The molecule has 6 heteroatoms. The molecular weight excluding hydrogens is 268 g/mol. The number of likely N-dealkylation sites (N-methyl/N-ethyl adjacent to an activating group) is 1. The third-order valence-electron chi connectivity index (χ3n) is 3.17. The molecule has 1 heterocycles. The second kappa shape index (κ2) is 6.39. The average Bonchev–Trinajstić information content (AvgIpc) is 2.77. The molecule has 1 unspecified atom stereocenters. The van der Waals surface area contributed by atoms with Gasteiger partial charge in [0, 0.05) is 13.5 Å². The Balaban J connectivity index is 2.42. The van der Waals surface area contributed by atoms with Crippen LogP contribution in [0.5, 0.6) is 0 Å². The van der Waals surface area contributed by atoms with Crippen LogP contribution in [0.15, 0.2) is 24.3 Å². The molecule has 1 atom stereocenters. The number of benzene rings is 1. The standard InChI is InChI=1S/C15H20N4O2/c1-4-16-14(21)9-19-13-8-6-5-7-12(13)18-15(19)10(2)17-11(3)20/h5-8,10H,4,9H2,1-3H3,(H,16,21)(H,17,20). The van der Waals surface area contributed by atoms with E-state index in [-0.39, 0.29) is 24.4 Å². The van der Waals surface area contributed by atoms with Gasteiger partial charge in [0.1, 0.15) is 12.4 Å². The Labute approximate surface area is 123 Å². The van der Waals surface area contributed by atoms with E-state index in [0.717, 1.165) is 11.0 Å². The molecule has 0 aliphatic rings. The van der Waals surface area contributed by atoms with Crippen molar-refractivity contribution in [2.24, 2.45) is 0 Å². The van der Waals surface area contributed by atoms with Crippen LogP contribution in [0.25, 0.3) is 11.0 Å². The van der Waals surface area contributed by atoms with Gasteiger partial charge in [-0.1, -0.05) is 12.1 Å². The molecule has 0 spiro atoms. The Kier molecular flexibility index (Phi) is 4.57. The van der Waals surface area contributed by atoms with Crippen LogP contribution in [0.4, 0.5) is 0 Å². The molecule has 0 aliphatic carbocycles.